The lowest BCUT2D eigenvalue weighted by atomic mass is 10.1. The molecule has 0 radical (unpaired) electrons. The van der Waals surface area contributed by atoms with Crippen molar-refractivity contribution in [2.75, 3.05) is 0 Å². The summed E-state index contributed by atoms with van der Waals surface area (Å²) in [6, 6.07) is 17.8. The Morgan fingerprint density at radius 2 is 1.96 bits per heavy atom. The first-order valence-electron chi connectivity index (χ1n) is 7.97. The fourth-order valence-corrected chi connectivity index (χ4v) is 2.51. The predicted octanol–water partition coefficient (Wildman–Crippen LogP) is 4.09. The van der Waals surface area contributed by atoms with E-state index in [9.17, 15) is 9.90 Å². The maximum absolute atomic E-state index is 11.9. The number of benzene rings is 2. The number of nitrogens with one attached hydrogen (secondary N) is 1. The third kappa shape index (κ3) is 4.20. The highest BCUT2D eigenvalue weighted by Gasteiger charge is 2.16. The maximum atomic E-state index is 11.9. The Hall–Kier alpha value is -2.89. The Kier molecular flexibility index (Phi) is 5.51. The van der Waals surface area contributed by atoms with E-state index in [1.807, 2.05) is 31.2 Å². The standard InChI is InChI=1S/C20H17ClN2O3/c1-13-7-8-15(11-17(13)21)18-10-9-16(26-18)12-22-23-20(25)19(24)14-5-3-2-4-6-14/h2-12,19,24H,1H3,(H,23,25). The third-order valence-electron chi connectivity index (χ3n) is 3.81. The molecule has 1 atom stereocenters. The van der Waals surface area contributed by atoms with Crippen LogP contribution in [0, 0.1) is 6.92 Å². The SMILES string of the molecule is Cc1ccc(-c2ccc(C=NNC(=O)C(O)c3ccccc3)o2)cc1Cl. The van der Waals surface area contributed by atoms with Crippen LogP contribution in [-0.4, -0.2) is 17.2 Å². The maximum Gasteiger partial charge on any atom is 0.273 e. The van der Waals surface area contributed by atoms with E-state index in [-0.39, 0.29) is 0 Å². The first-order chi connectivity index (χ1) is 12.5. The van der Waals surface area contributed by atoms with Gasteiger partial charge in [0.25, 0.3) is 5.91 Å². The molecule has 0 spiro atoms. The summed E-state index contributed by atoms with van der Waals surface area (Å²) >= 11 is 6.13. The predicted molar refractivity (Wildman–Crippen MR) is 101 cm³/mol. The van der Waals surface area contributed by atoms with Crippen LogP contribution in [0.5, 0.6) is 0 Å². The van der Waals surface area contributed by atoms with Crippen molar-refractivity contribution < 1.29 is 14.3 Å². The second-order valence-electron chi connectivity index (χ2n) is 5.71. The summed E-state index contributed by atoms with van der Waals surface area (Å²) in [5, 5.41) is 14.5. The molecule has 5 nitrogen and oxygen atoms in total. The van der Waals surface area contributed by atoms with E-state index in [4.69, 9.17) is 16.0 Å². The van der Waals surface area contributed by atoms with Crippen LogP contribution in [0.15, 0.2) is 70.2 Å². The Morgan fingerprint density at radius 1 is 1.19 bits per heavy atom. The number of hydrogen-bond acceptors (Lipinski definition) is 4. The average molecular weight is 369 g/mol. The molecule has 0 saturated carbocycles. The number of hydrazone groups is 1. The van der Waals surface area contributed by atoms with Crippen molar-refractivity contribution in [3.05, 3.63) is 82.6 Å². The molecular formula is C20H17ClN2O3. The van der Waals surface area contributed by atoms with Gasteiger partial charge in [0.2, 0.25) is 0 Å². The number of nitrogens with zero attached hydrogens (tertiary/aromatic N) is 1. The van der Waals surface area contributed by atoms with Gasteiger partial charge in [-0.15, -0.1) is 0 Å². The molecular weight excluding hydrogens is 352 g/mol. The summed E-state index contributed by atoms with van der Waals surface area (Å²) in [6.45, 7) is 1.93. The summed E-state index contributed by atoms with van der Waals surface area (Å²) in [5.41, 5.74) is 4.63. The van der Waals surface area contributed by atoms with Crippen LogP contribution in [0.25, 0.3) is 11.3 Å². The Labute approximate surface area is 155 Å². The Bertz CT molecular complexity index is 935. The minimum Gasteiger partial charge on any atom is -0.455 e. The number of aryl methyl sites for hydroxylation is 1. The van der Waals surface area contributed by atoms with E-state index < -0.39 is 12.0 Å². The number of halogens is 1. The highest BCUT2D eigenvalue weighted by Crippen LogP contribution is 2.26. The van der Waals surface area contributed by atoms with Crippen LogP contribution in [0.4, 0.5) is 0 Å². The molecule has 6 heteroatoms. The zero-order valence-electron chi connectivity index (χ0n) is 14.0. The van der Waals surface area contributed by atoms with Gasteiger partial charge < -0.3 is 9.52 Å². The molecule has 3 aromatic rings. The molecule has 0 aliphatic heterocycles. The number of rotatable bonds is 5. The van der Waals surface area contributed by atoms with E-state index in [2.05, 4.69) is 10.5 Å². The fourth-order valence-electron chi connectivity index (χ4n) is 2.33. The molecule has 0 aliphatic carbocycles. The third-order valence-corrected chi connectivity index (χ3v) is 4.22. The Morgan fingerprint density at radius 3 is 2.69 bits per heavy atom. The summed E-state index contributed by atoms with van der Waals surface area (Å²) in [7, 11) is 0. The average Bonchev–Trinajstić information content (AvgIpc) is 3.13. The van der Waals surface area contributed by atoms with Crippen molar-refractivity contribution >= 4 is 23.7 Å². The van der Waals surface area contributed by atoms with Gasteiger partial charge in [-0.25, -0.2) is 5.43 Å². The van der Waals surface area contributed by atoms with Gasteiger partial charge in [0.1, 0.15) is 11.5 Å². The second kappa shape index (κ2) is 7.99. The van der Waals surface area contributed by atoms with Crippen molar-refractivity contribution in [1.29, 1.82) is 0 Å². The largest absolute Gasteiger partial charge is 0.455 e. The molecule has 0 fully saturated rings. The van der Waals surface area contributed by atoms with Crippen LogP contribution in [0.3, 0.4) is 0 Å². The molecule has 1 heterocycles. The van der Waals surface area contributed by atoms with E-state index in [1.54, 1.807) is 36.4 Å². The molecule has 2 aromatic carbocycles. The molecule has 0 saturated heterocycles. The van der Waals surface area contributed by atoms with Crippen molar-refractivity contribution in [2.45, 2.75) is 13.0 Å². The van der Waals surface area contributed by atoms with Gasteiger partial charge in [0, 0.05) is 10.6 Å². The summed E-state index contributed by atoms with van der Waals surface area (Å²) in [4.78, 5) is 11.9. The van der Waals surface area contributed by atoms with Crippen LogP contribution in [0.2, 0.25) is 5.02 Å². The molecule has 26 heavy (non-hydrogen) atoms. The van der Waals surface area contributed by atoms with Crippen molar-refractivity contribution in [2.24, 2.45) is 5.10 Å². The van der Waals surface area contributed by atoms with Crippen molar-refractivity contribution in [3.63, 3.8) is 0 Å². The highest BCUT2D eigenvalue weighted by molar-refractivity contribution is 6.31. The summed E-state index contributed by atoms with van der Waals surface area (Å²) < 4.78 is 5.67. The highest BCUT2D eigenvalue weighted by atomic mass is 35.5. The number of aliphatic hydroxyl groups excluding tert-OH is 1. The molecule has 1 amide bonds. The lowest BCUT2D eigenvalue weighted by Crippen LogP contribution is -2.25. The number of carbonyl (C=O) groups is 1. The molecule has 1 aromatic heterocycles. The van der Waals surface area contributed by atoms with E-state index in [1.165, 1.54) is 6.21 Å². The minimum atomic E-state index is -1.28. The normalized spacial score (nSPS) is 12.3. The number of amides is 1. The monoisotopic (exact) mass is 368 g/mol. The molecule has 1 unspecified atom stereocenters. The number of carbonyl (C=O) groups excluding carboxylic acids is 1. The fraction of sp³-hybridized carbons (Fsp3) is 0.100. The topological polar surface area (TPSA) is 74.8 Å². The number of aliphatic hydroxyl groups is 1. The van der Waals surface area contributed by atoms with Crippen molar-refractivity contribution in [1.82, 2.24) is 5.43 Å². The van der Waals surface area contributed by atoms with Gasteiger partial charge in [-0.1, -0.05) is 54.1 Å². The zero-order valence-corrected chi connectivity index (χ0v) is 14.8. The van der Waals surface area contributed by atoms with E-state index in [0.717, 1.165) is 11.1 Å². The molecule has 3 rings (SSSR count). The molecule has 0 bridgehead atoms. The van der Waals surface area contributed by atoms with Crippen LogP contribution >= 0.6 is 11.6 Å². The zero-order chi connectivity index (χ0) is 18.5. The number of furan rings is 1. The molecule has 2 N–H and O–H groups in total. The summed E-state index contributed by atoms with van der Waals surface area (Å²) in [6.07, 6.45) is 0.0877. The van der Waals surface area contributed by atoms with Gasteiger partial charge in [-0.05, 0) is 36.2 Å². The second-order valence-corrected chi connectivity index (χ2v) is 6.12. The van der Waals surface area contributed by atoms with Gasteiger partial charge in [0.05, 0.1) is 6.21 Å². The van der Waals surface area contributed by atoms with Crippen LogP contribution in [0.1, 0.15) is 23.0 Å². The van der Waals surface area contributed by atoms with Crippen LogP contribution < -0.4 is 5.43 Å². The van der Waals surface area contributed by atoms with Gasteiger partial charge in [-0.3, -0.25) is 4.79 Å². The van der Waals surface area contributed by atoms with Gasteiger partial charge in [-0.2, -0.15) is 5.10 Å². The van der Waals surface area contributed by atoms with Gasteiger partial charge in [0.15, 0.2) is 6.10 Å². The van der Waals surface area contributed by atoms with E-state index in [0.29, 0.717) is 22.1 Å². The molecule has 0 aliphatic rings. The van der Waals surface area contributed by atoms with E-state index >= 15 is 0 Å². The van der Waals surface area contributed by atoms with Crippen LogP contribution in [-0.2, 0) is 4.79 Å². The number of hydrogen-bond donors (Lipinski definition) is 2. The minimum absolute atomic E-state index is 0.464. The Balaban J connectivity index is 1.63. The smallest absolute Gasteiger partial charge is 0.273 e. The quantitative estimate of drug-likeness (QED) is 0.526. The summed E-state index contributed by atoms with van der Waals surface area (Å²) in [5.74, 6) is 0.486. The molecule has 132 valence electrons. The first kappa shape index (κ1) is 17.9. The lowest BCUT2D eigenvalue weighted by molar-refractivity contribution is -0.129. The van der Waals surface area contributed by atoms with Gasteiger partial charge >= 0.3 is 0 Å². The first-order valence-corrected chi connectivity index (χ1v) is 8.34. The van der Waals surface area contributed by atoms with Crippen molar-refractivity contribution in [3.8, 4) is 11.3 Å². The lowest BCUT2D eigenvalue weighted by Gasteiger charge is -2.08.